The van der Waals surface area contributed by atoms with Crippen molar-refractivity contribution in [3.8, 4) is 6.07 Å². The molecule has 0 spiro atoms. The van der Waals surface area contributed by atoms with Crippen molar-refractivity contribution in [1.82, 2.24) is 9.78 Å². The molecule has 0 saturated carbocycles. The normalized spacial score (nSPS) is 11.3. The van der Waals surface area contributed by atoms with Crippen molar-refractivity contribution in [1.29, 1.82) is 5.26 Å². The maximum atomic E-state index is 8.83. The van der Waals surface area contributed by atoms with Crippen LogP contribution in [0.15, 0.2) is 12.3 Å². The zero-order valence-corrected chi connectivity index (χ0v) is 9.12. The van der Waals surface area contributed by atoms with Crippen LogP contribution in [0.1, 0.15) is 32.4 Å². The third kappa shape index (κ3) is 2.88. The SMILES string of the molecule is Cc1ccnn1CCCC(C)(C)C#N. The van der Waals surface area contributed by atoms with Crippen molar-refractivity contribution in [2.24, 2.45) is 5.41 Å². The molecule has 0 bridgehead atoms. The van der Waals surface area contributed by atoms with Crippen molar-refractivity contribution in [2.75, 3.05) is 0 Å². The lowest BCUT2D eigenvalue weighted by Crippen LogP contribution is -2.10. The van der Waals surface area contributed by atoms with Crippen LogP contribution in [0.3, 0.4) is 0 Å². The van der Waals surface area contributed by atoms with E-state index in [1.807, 2.05) is 37.7 Å². The molecular formula is C11H17N3. The van der Waals surface area contributed by atoms with Gasteiger partial charge in [0, 0.05) is 18.4 Å². The molecule has 0 aliphatic carbocycles. The summed E-state index contributed by atoms with van der Waals surface area (Å²) < 4.78 is 1.98. The van der Waals surface area contributed by atoms with E-state index >= 15 is 0 Å². The topological polar surface area (TPSA) is 41.6 Å². The molecule has 0 unspecified atom stereocenters. The first-order chi connectivity index (χ1) is 6.55. The van der Waals surface area contributed by atoms with E-state index in [4.69, 9.17) is 5.26 Å². The van der Waals surface area contributed by atoms with Crippen molar-refractivity contribution in [3.63, 3.8) is 0 Å². The second-order valence-corrected chi connectivity index (χ2v) is 4.29. The first kappa shape index (κ1) is 10.8. The van der Waals surface area contributed by atoms with Gasteiger partial charge in [0.1, 0.15) is 0 Å². The van der Waals surface area contributed by atoms with Crippen molar-refractivity contribution < 1.29 is 0 Å². The van der Waals surface area contributed by atoms with E-state index in [0.29, 0.717) is 0 Å². The van der Waals surface area contributed by atoms with E-state index in [-0.39, 0.29) is 5.41 Å². The Morgan fingerprint density at radius 2 is 2.29 bits per heavy atom. The highest BCUT2D eigenvalue weighted by Gasteiger charge is 2.15. The van der Waals surface area contributed by atoms with Gasteiger partial charge in [-0.15, -0.1) is 0 Å². The lowest BCUT2D eigenvalue weighted by molar-refractivity contribution is 0.405. The largest absolute Gasteiger partial charge is 0.270 e. The van der Waals surface area contributed by atoms with Gasteiger partial charge in [0.25, 0.3) is 0 Å². The van der Waals surface area contributed by atoms with Gasteiger partial charge in [-0.05, 0) is 39.7 Å². The number of nitriles is 1. The van der Waals surface area contributed by atoms with E-state index in [2.05, 4.69) is 11.2 Å². The van der Waals surface area contributed by atoms with Gasteiger partial charge in [-0.1, -0.05) is 0 Å². The molecule has 0 aromatic carbocycles. The fraction of sp³-hybridized carbons (Fsp3) is 0.636. The van der Waals surface area contributed by atoms with Crippen LogP contribution in [0.5, 0.6) is 0 Å². The summed E-state index contributed by atoms with van der Waals surface area (Å²) >= 11 is 0. The lowest BCUT2D eigenvalue weighted by Gasteiger charge is -2.14. The van der Waals surface area contributed by atoms with E-state index in [0.717, 1.165) is 19.4 Å². The van der Waals surface area contributed by atoms with Crippen LogP contribution < -0.4 is 0 Å². The standard InChI is InChI=1S/C11H17N3/c1-10-5-7-13-14(10)8-4-6-11(2,3)9-12/h5,7H,4,6,8H2,1-3H3. The predicted molar refractivity (Wildman–Crippen MR) is 55.6 cm³/mol. The fourth-order valence-electron chi connectivity index (χ4n) is 1.36. The van der Waals surface area contributed by atoms with Crippen LogP contribution in [0.25, 0.3) is 0 Å². The molecule has 0 aliphatic rings. The second-order valence-electron chi connectivity index (χ2n) is 4.29. The number of rotatable bonds is 4. The van der Waals surface area contributed by atoms with Gasteiger partial charge in [0.15, 0.2) is 0 Å². The molecule has 1 rings (SSSR count). The maximum Gasteiger partial charge on any atom is 0.0683 e. The third-order valence-electron chi connectivity index (χ3n) is 2.40. The molecule has 3 nitrogen and oxygen atoms in total. The van der Waals surface area contributed by atoms with Crippen LogP contribution in [0, 0.1) is 23.7 Å². The van der Waals surface area contributed by atoms with Crippen molar-refractivity contribution in [3.05, 3.63) is 18.0 Å². The smallest absolute Gasteiger partial charge is 0.0683 e. The summed E-state index contributed by atoms with van der Waals surface area (Å²) in [5.41, 5.74) is 0.973. The molecule has 0 amide bonds. The summed E-state index contributed by atoms with van der Waals surface area (Å²) in [6.45, 7) is 6.90. The molecule has 0 saturated heterocycles. The Hall–Kier alpha value is -1.30. The predicted octanol–water partition coefficient (Wildman–Crippen LogP) is 2.52. The Balaban J connectivity index is 2.37. The van der Waals surface area contributed by atoms with Crippen LogP contribution in [-0.2, 0) is 6.54 Å². The Bertz CT molecular complexity index is 331. The summed E-state index contributed by atoms with van der Waals surface area (Å²) in [6, 6.07) is 4.30. The maximum absolute atomic E-state index is 8.83. The molecule has 0 aliphatic heterocycles. The monoisotopic (exact) mass is 191 g/mol. The molecule has 0 fully saturated rings. The summed E-state index contributed by atoms with van der Waals surface area (Å²) in [4.78, 5) is 0. The third-order valence-corrected chi connectivity index (χ3v) is 2.40. The molecule has 76 valence electrons. The quantitative estimate of drug-likeness (QED) is 0.733. The summed E-state index contributed by atoms with van der Waals surface area (Å²) in [6.07, 6.45) is 3.73. The first-order valence-corrected chi connectivity index (χ1v) is 4.95. The molecule has 1 aromatic heterocycles. The fourth-order valence-corrected chi connectivity index (χ4v) is 1.36. The molecule has 0 N–H and O–H groups in total. The molecule has 14 heavy (non-hydrogen) atoms. The highest BCUT2D eigenvalue weighted by atomic mass is 15.3. The van der Waals surface area contributed by atoms with Crippen LogP contribution in [0.2, 0.25) is 0 Å². The Kier molecular flexibility index (Phi) is 3.29. The number of hydrogen-bond acceptors (Lipinski definition) is 2. The minimum Gasteiger partial charge on any atom is -0.270 e. The minimum absolute atomic E-state index is 0.207. The summed E-state index contributed by atoms with van der Waals surface area (Å²) in [7, 11) is 0. The van der Waals surface area contributed by atoms with Crippen molar-refractivity contribution >= 4 is 0 Å². The van der Waals surface area contributed by atoms with E-state index < -0.39 is 0 Å². The van der Waals surface area contributed by atoms with Gasteiger partial charge < -0.3 is 0 Å². The number of nitrogens with zero attached hydrogens (tertiary/aromatic N) is 3. The molecule has 1 heterocycles. The average molecular weight is 191 g/mol. The van der Waals surface area contributed by atoms with E-state index in [1.54, 1.807) is 0 Å². The Labute approximate surface area is 85.4 Å². The van der Waals surface area contributed by atoms with Gasteiger partial charge in [0.05, 0.1) is 11.5 Å². The zero-order valence-electron chi connectivity index (χ0n) is 9.12. The zero-order chi connectivity index (χ0) is 10.6. The number of aryl methyl sites for hydroxylation is 2. The number of hydrogen-bond donors (Lipinski definition) is 0. The van der Waals surface area contributed by atoms with Crippen LogP contribution in [-0.4, -0.2) is 9.78 Å². The van der Waals surface area contributed by atoms with Gasteiger partial charge in [-0.3, -0.25) is 4.68 Å². The Morgan fingerprint density at radius 3 is 2.79 bits per heavy atom. The molecule has 0 radical (unpaired) electrons. The molecule has 0 atom stereocenters. The van der Waals surface area contributed by atoms with E-state index in [1.165, 1.54) is 5.69 Å². The first-order valence-electron chi connectivity index (χ1n) is 4.95. The van der Waals surface area contributed by atoms with Crippen LogP contribution >= 0.6 is 0 Å². The minimum atomic E-state index is -0.207. The Morgan fingerprint density at radius 1 is 1.57 bits per heavy atom. The number of aromatic nitrogens is 2. The van der Waals surface area contributed by atoms with E-state index in [9.17, 15) is 0 Å². The molecular weight excluding hydrogens is 174 g/mol. The van der Waals surface area contributed by atoms with Gasteiger partial charge in [-0.2, -0.15) is 10.4 Å². The van der Waals surface area contributed by atoms with Crippen molar-refractivity contribution in [2.45, 2.75) is 40.2 Å². The van der Waals surface area contributed by atoms with Gasteiger partial charge in [-0.25, -0.2) is 0 Å². The summed E-state index contributed by atoms with van der Waals surface area (Å²) in [5.74, 6) is 0. The highest BCUT2D eigenvalue weighted by molar-refractivity contribution is 4.96. The summed E-state index contributed by atoms with van der Waals surface area (Å²) in [5, 5.41) is 13.0. The highest BCUT2D eigenvalue weighted by Crippen LogP contribution is 2.20. The lowest BCUT2D eigenvalue weighted by atomic mass is 9.90. The molecule has 3 heteroatoms. The van der Waals surface area contributed by atoms with Gasteiger partial charge in [0.2, 0.25) is 0 Å². The van der Waals surface area contributed by atoms with Crippen LogP contribution in [0.4, 0.5) is 0 Å². The average Bonchev–Trinajstić information content (AvgIpc) is 2.52. The molecule has 1 aromatic rings. The van der Waals surface area contributed by atoms with Gasteiger partial charge >= 0.3 is 0 Å². The second kappa shape index (κ2) is 4.28.